The molecule has 0 radical (unpaired) electrons. The molecule has 0 saturated carbocycles. The fourth-order valence-corrected chi connectivity index (χ4v) is 2.16. The zero-order valence-electron chi connectivity index (χ0n) is 9.01. The lowest BCUT2D eigenvalue weighted by atomic mass is 9.98. The first-order valence-electron chi connectivity index (χ1n) is 5.04. The summed E-state index contributed by atoms with van der Waals surface area (Å²) >= 11 is 7.49. The van der Waals surface area contributed by atoms with E-state index in [1.54, 1.807) is 11.3 Å². The van der Waals surface area contributed by atoms with E-state index in [1.165, 1.54) is 4.88 Å². The average molecular weight is 232 g/mol. The molecule has 0 saturated heterocycles. The van der Waals surface area contributed by atoms with Gasteiger partial charge in [-0.3, -0.25) is 0 Å². The van der Waals surface area contributed by atoms with Crippen LogP contribution < -0.4 is 5.32 Å². The highest BCUT2D eigenvalue weighted by Crippen LogP contribution is 2.21. The topological polar surface area (TPSA) is 12.0 Å². The predicted molar refractivity (Wildman–Crippen MR) is 65.0 cm³/mol. The van der Waals surface area contributed by atoms with Crippen LogP contribution in [-0.2, 0) is 6.54 Å². The minimum Gasteiger partial charge on any atom is -0.312 e. The molecule has 1 N–H and O–H groups in total. The number of nitrogens with one attached hydrogen (secondary N) is 1. The van der Waals surface area contributed by atoms with Gasteiger partial charge in [0.15, 0.2) is 0 Å². The second-order valence-corrected chi connectivity index (χ2v) is 5.86. The minimum absolute atomic E-state index is 0.727. The average Bonchev–Trinajstić information content (AvgIpc) is 2.51. The summed E-state index contributed by atoms with van der Waals surface area (Å²) in [6.07, 6.45) is 0. The molecule has 0 amide bonds. The Morgan fingerprint density at radius 1 is 1.36 bits per heavy atom. The fourth-order valence-electron chi connectivity index (χ4n) is 1.11. The Bertz CT molecular complexity index is 270. The van der Waals surface area contributed by atoms with E-state index in [4.69, 9.17) is 11.6 Å². The molecule has 0 aliphatic rings. The smallest absolute Gasteiger partial charge is 0.0931 e. The molecule has 3 heteroatoms. The van der Waals surface area contributed by atoms with Gasteiger partial charge in [-0.15, -0.1) is 11.3 Å². The van der Waals surface area contributed by atoms with Crippen LogP contribution in [0.5, 0.6) is 0 Å². The third-order valence-electron chi connectivity index (χ3n) is 2.53. The summed E-state index contributed by atoms with van der Waals surface area (Å²) in [4.78, 5) is 1.31. The zero-order chi connectivity index (χ0) is 10.6. The van der Waals surface area contributed by atoms with E-state index in [0.717, 1.165) is 29.3 Å². The van der Waals surface area contributed by atoms with Gasteiger partial charge in [0.05, 0.1) is 4.34 Å². The second-order valence-electron chi connectivity index (χ2n) is 4.06. The minimum atomic E-state index is 0.727. The van der Waals surface area contributed by atoms with Crippen LogP contribution in [0.1, 0.15) is 25.6 Å². The first-order chi connectivity index (χ1) is 6.59. The van der Waals surface area contributed by atoms with Gasteiger partial charge in [-0.05, 0) is 30.5 Å². The summed E-state index contributed by atoms with van der Waals surface area (Å²) in [6, 6.07) is 4.04. The van der Waals surface area contributed by atoms with E-state index in [-0.39, 0.29) is 0 Å². The van der Waals surface area contributed by atoms with Gasteiger partial charge in [0.25, 0.3) is 0 Å². The number of hydrogen-bond acceptors (Lipinski definition) is 2. The first-order valence-corrected chi connectivity index (χ1v) is 6.24. The molecule has 1 rings (SSSR count). The van der Waals surface area contributed by atoms with Crippen LogP contribution >= 0.6 is 22.9 Å². The van der Waals surface area contributed by atoms with Crippen molar-refractivity contribution in [1.82, 2.24) is 5.32 Å². The second kappa shape index (κ2) is 5.74. The molecule has 1 aromatic rings. The molecule has 1 heterocycles. The van der Waals surface area contributed by atoms with Crippen LogP contribution in [0.2, 0.25) is 4.34 Å². The van der Waals surface area contributed by atoms with E-state index < -0.39 is 0 Å². The normalized spacial score (nSPS) is 13.5. The molecule has 1 unspecified atom stereocenters. The van der Waals surface area contributed by atoms with E-state index >= 15 is 0 Å². The van der Waals surface area contributed by atoms with Crippen molar-refractivity contribution in [3.05, 3.63) is 21.3 Å². The van der Waals surface area contributed by atoms with E-state index in [0.29, 0.717) is 0 Å². The summed E-state index contributed by atoms with van der Waals surface area (Å²) in [7, 11) is 0. The van der Waals surface area contributed by atoms with Crippen molar-refractivity contribution in [2.45, 2.75) is 27.3 Å². The standard InChI is InChI=1S/C11H18ClNS/c1-8(2)9(3)6-13-7-10-4-5-11(12)14-10/h4-5,8-9,13H,6-7H2,1-3H3. The van der Waals surface area contributed by atoms with Crippen molar-refractivity contribution in [3.63, 3.8) is 0 Å². The Morgan fingerprint density at radius 3 is 2.57 bits per heavy atom. The van der Waals surface area contributed by atoms with Crippen LogP contribution in [0.25, 0.3) is 0 Å². The molecule has 1 nitrogen and oxygen atoms in total. The van der Waals surface area contributed by atoms with Crippen LogP contribution in [0.3, 0.4) is 0 Å². The number of hydrogen-bond donors (Lipinski definition) is 1. The van der Waals surface area contributed by atoms with Crippen LogP contribution in [0, 0.1) is 11.8 Å². The van der Waals surface area contributed by atoms with E-state index in [1.807, 2.05) is 6.07 Å². The van der Waals surface area contributed by atoms with Crippen molar-refractivity contribution in [2.24, 2.45) is 11.8 Å². The number of rotatable bonds is 5. The van der Waals surface area contributed by atoms with Crippen molar-refractivity contribution >= 4 is 22.9 Å². The Hall–Kier alpha value is -0.0500. The lowest BCUT2D eigenvalue weighted by Gasteiger charge is -2.15. The SMILES string of the molecule is CC(C)C(C)CNCc1ccc(Cl)s1. The Kier molecular flexibility index (Phi) is 4.93. The highest BCUT2D eigenvalue weighted by Gasteiger charge is 2.06. The lowest BCUT2D eigenvalue weighted by Crippen LogP contribution is -2.23. The maximum atomic E-state index is 5.84. The number of thiophene rings is 1. The van der Waals surface area contributed by atoms with E-state index in [9.17, 15) is 0 Å². The fraction of sp³-hybridized carbons (Fsp3) is 0.636. The van der Waals surface area contributed by atoms with Gasteiger partial charge < -0.3 is 5.32 Å². The maximum absolute atomic E-state index is 5.84. The Balaban J connectivity index is 2.22. The summed E-state index contributed by atoms with van der Waals surface area (Å²) in [5.74, 6) is 1.47. The molecule has 0 aliphatic carbocycles. The Morgan fingerprint density at radius 2 is 2.07 bits per heavy atom. The summed E-state index contributed by atoms with van der Waals surface area (Å²) < 4.78 is 0.874. The molecule has 0 aliphatic heterocycles. The van der Waals surface area contributed by atoms with E-state index in [2.05, 4.69) is 32.2 Å². The van der Waals surface area contributed by atoms with Crippen LogP contribution in [-0.4, -0.2) is 6.54 Å². The van der Waals surface area contributed by atoms with Gasteiger partial charge in [0.2, 0.25) is 0 Å². The van der Waals surface area contributed by atoms with Crippen molar-refractivity contribution in [2.75, 3.05) is 6.54 Å². The van der Waals surface area contributed by atoms with Gasteiger partial charge in [-0.25, -0.2) is 0 Å². The molecule has 1 atom stereocenters. The highest BCUT2D eigenvalue weighted by molar-refractivity contribution is 7.16. The Labute approximate surface area is 95.5 Å². The van der Waals surface area contributed by atoms with Crippen molar-refractivity contribution < 1.29 is 0 Å². The quantitative estimate of drug-likeness (QED) is 0.813. The van der Waals surface area contributed by atoms with Gasteiger partial charge in [0, 0.05) is 11.4 Å². The van der Waals surface area contributed by atoms with Gasteiger partial charge in [0.1, 0.15) is 0 Å². The van der Waals surface area contributed by atoms with Crippen molar-refractivity contribution in [1.29, 1.82) is 0 Å². The van der Waals surface area contributed by atoms with Crippen LogP contribution in [0.15, 0.2) is 12.1 Å². The molecular formula is C11H18ClNS. The highest BCUT2D eigenvalue weighted by atomic mass is 35.5. The molecule has 0 bridgehead atoms. The third-order valence-corrected chi connectivity index (χ3v) is 3.76. The van der Waals surface area contributed by atoms with Crippen LogP contribution in [0.4, 0.5) is 0 Å². The molecule has 0 fully saturated rings. The lowest BCUT2D eigenvalue weighted by molar-refractivity contribution is 0.393. The predicted octanol–water partition coefficient (Wildman–Crippen LogP) is 3.78. The molecule has 0 aromatic carbocycles. The van der Waals surface area contributed by atoms with Gasteiger partial charge in [-0.1, -0.05) is 32.4 Å². The number of halogens is 1. The maximum Gasteiger partial charge on any atom is 0.0931 e. The third kappa shape index (κ3) is 3.99. The first kappa shape index (κ1) is 12.0. The summed E-state index contributed by atoms with van der Waals surface area (Å²) in [6.45, 7) is 8.81. The van der Waals surface area contributed by atoms with Gasteiger partial charge >= 0.3 is 0 Å². The molecule has 14 heavy (non-hydrogen) atoms. The molecule has 0 spiro atoms. The van der Waals surface area contributed by atoms with Crippen molar-refractivity contribution in [3.8, 4) is 0 Å². The molecule has 80 valence electrons. The largest absolute Gasteiger partial charge is 0.312 e. The zero-order valence-corrected chi connectivity index (χ0v) is 10.6. The summed E-state index contributed by atoms with van der Waals surface area (Å²) in [5.41, 5.74) is 0. The molecular weight excluding hydrogens is 214 g/mol. The summed E-state index contributed by atoms with van der Waals surface area (Å²) in [5, 5.41) is 3.45. The molecule has 1 aromatic heterocycles. The van der Waals surface area contributed by atoms with Gasteiger partial charge in [-0.2, -0.15) is 0 Å². The monoisotopic (exact) mass is 231 g/mol.